The second-order valence-electron chi connectivity index (χ2n) is 17.3. The molecule has 0 bridgehead atoms. The number of carbonyl (C=O) groups excluding carboxylic acids is 4. The summed E-state index contributed by atoms with van der Waals surface area (Å²) >= 11 is 0. The van der Waals surface area contributed by atoms with E-state index in [0.717, 1.165) is 40.8 Å². The average molecular weight is 836 g/mol. The van der Waals surface area contributed by atoms with Crippen molar-refractivity contribution in [2.24, 2.45) is 11.8 Å². The molecule has 0 radical (unpaired) electrons. The molecule has 0 saturated carbocycles. The summed E-state index contributed by atoms with van der Waals surface area (Å²) in [5.41, 5.74) is 6.03. The van der Waals surface area contributed by atoms with Crippen LogP contribution in [-0.2, 0) is 32.3 Å². The lowest BCUT2D eigenvalue weighted by Crippen LogP contribution is -2.46. The van der Waals surface area contributed by atoms with E-state index in [4.69, 9.17) is 0 Å². The first-order valence-corrected chi connectivity index (χ1v) is 22.0. The Morgan fingerprint density at radius 2 is 0.952 bits per heavy atom. The maximum Gasteiger partial charge on any atom is 0.247 e. The predicted molar refractivity (Wildman–Crippen MR) is 244 cm³/mol. The lowest BCUT2D eigenvalue weighted by molar-refractivity contribution is -0.139. The largest absolute Gasteiger partial charge is 0.363 e. The zero-order valence-electron chi connectivity index (χ0n) is 36.2. The molecule has 5 aromatic carbocycles. The Hall–Kier alpha value is -6.29. The fourth-order valence-electron chi connectivity index (χ4n) is 9.08. The predicted octanol–water partition coefficient (Wildman–Crippen LogP) is 9.77. The lowest BCUT2D eigenvalue weighted by atomic mass is 9.87. The van der Waals surface area contributed by atoms with Crippen molar-refractivity contribution in [1.29, 1.82) is 0 Å². The normalized spacial score (nSPS) is 17.2. The van der Waals surface area contributed by atoms with Crippen molar-refractivity contribution in [2.45, 2.75) is 90.4 Å². The summed E-state index contributed by atoms with van der Waals surface area (Å²) in [6, 6.07) is 40.3. The topological polar surface area (TPSA) is 102 Å². The molecule has 5 aromatic rings. The third kappa shape index (κ3) is 10.4. The van der Waals surface area contributed by atoms with Gasteiger partial charge in [0.05, 0.1) is 11.8 Å². The Kier molecular flexibility index (Phi) is 14.2. The van der Waals surface area contributed by atoms with Gasteiger partial charge in [-0.25, -0.2) is 4.39 Å². The van der Waals surface area contributed by atoms with Crippen molar-refractivity contribution >= 4 is 40.7 Å². The molecule has 2 saturated heterocycles. The molecule has 2 aliphatic rings. The molecule has 2 N–H and O–H groups in total. The molecule has 0 aromatic heterocycles. The van der Waals surface area contributed by atoms with Crippen molar-refractivity contribution in [2.75, 3.05) is 28.6 Å². The van der Waals surface area contributed by atoms with Crippen molar-refractivity contribution in [3.8, 4) is 0 Å². The van der Waals surface area contributed by atoms with Crippen LogP contribution in [0.15, 0.2) is 133 Å². The number of benzene rings is 5. The van der Waals surface area contributed by atoms with Crippen LogP contribution in [0.3, 0.4) is 0 Å². The van der Waals surface area contributed by atoms with E-state index in [-0.39, 0.29) is 53.1 Å². The van der Waals surface area contributed by atoms with Crippen LogP contribution in [0.2, 0.25) is 0 Å². The minimum atomic E-state index is -0.537. The van der Waals surface area contributed by atoms with Crippen LogP contribution in [-0.4, -0.2) is 58.6 Å². The minimum absolute atomic E-state index is 0.0115. The molecule has 0 spiro atoms. The van der Waals surface area contributed by atoms with Crippen LogP contribution < -0.4 is 15.5 Å². The number of hydrogen-bond donors (Lipinski definition) is 2. The SMILES string of the molecule is CC(C)C(C(=O)N1CCCC1C(=O)Nc1ccc(CN(Cc2ccc(NC(=O)[C@@H]3CCCN3C(=O)[C@H](c3ccccc3)C(C)C)cc2)c2ccc(F)cc2)cc1)c1ccccc1. The van der Waals surface area contributed by atoms with Crippen LogP contribution in [0.4, 0.5) is 21.5 Å². The van der Waals surface area contributed by atoms with Gasteiger partial charge in [0.25, 0.3) is 0 Å². The third-order valence-electron chi connectivity index (χ3n) is 12.2. The molecular weight excluding hydrogens is 778 g/mol. The van der Waals surface area contributed by atoms with Crippen LogP contribution in [0, 0.1) is 17.7 Å². The molecule has 9 nitrogen and oxygen atoms in total. The van der Waals surface area contributed by atoms with Crippen molar-refractivity contribution in [3.63, 3.8) is 0 Å². The Balaban J connectivity index is 0.983. The summed E-state index contributed by atoms with van der Waals surface area (Å²) in [5, 5.41) is 6.12. The molecule has 62 heavy (non-hydrogen) atoms. The van der Waals surface area contributed by atoms with E-state index in [2.05, 4.69) is 15.5 Å². The molecular formula is C52H58FN5O4. The zero-order valence-corrected chi connectivity index (χ0v) is 36.2. The highest BCUT2D eigenvalue weighted by molar-refractivity contribution is 5.99. The number of nitrogens with zero attached hydrogens (tertiary/aromatic N) is 3. The second kappa shape index (κ2) is 20.1. The molecule has 4 amide bonds. The number of nitrogens with one attached hydrogen (secondary N) is 2. The molecule has 4 atom stereocenters. The highest BCUT2D eigenvalue weighted by Crippen LogP contribution is 2.33. The summed E-state index contributed by atoms with van der Waals surface area (Å²) in [6.07, 6.45) is 2.77. The van der Waals surface area contributed by atoms with Gasteiger partial charge in [-0.1, -0.05) is 113 Å². The number of rotatable bonds is 15. The first-order chi connectivity index (χ1) is 30.0. The zero-order chi connectivity index (χ0) is 43.8. The number of amides is 4. The number of halogens is 1. The van der Waals surface area contributed by atoms with Gasteiger partial charge in [0.15, 0.2) is 0 Å². The van der Waals surface area contributed by atoms with Gasteiger partial charge in [0.1, 0.15) is 17.9 Å². The minimum Gasteiger partial charge on any atom is -0.363 e. The number of carbonyl (C=O) groups is 4. The molecule has 322 valence electrons. The monoisotopic (exact) mass is 835 g/mol. The number of likely N-dealkylation sites (tertiary alicyclic amines) is 2. The summed E-state index contributed by atoms with van der Waals surface area (Å²) in [7, 11) is 0. The Morgan fingerprint density at radius 1 is 0.565 bits per heavy atom. The van der Waals surface area contributed by atoms with E-state index >= 15 is 0 Å². The summed E-state index contributed by atoms with van der Waals surface area (Å²) in [5.74, 6) is -1.20. The fraction of sp³-hybridized carbons (Fsp3) is 0.346. The van der Waals surface area contributed by atoms with E-state index in [1.165, 1.54) is 12.1 Å². The van der Waals surface area contributed by atoms with Crippen LogP contribution in [0.25, 0.3) is 0 Å². The molecule has 2 heterocycles. The van der Waals surface area contributed by atoms with Gasteiger partial charge >= 0.3 is 0 Å². The van der Waals surface area contributed by atoms with Crippen LogP contribution in [0.1, 0.15) is 87.5 Å². The van der Waals surface area contributed by atoms with E-state index in [1.54, 1.807) is 21.9 Å². The molecule has 2 aliphatic heterocycles. The highest BCUT2D eigenvalue weighted by atomic mass is 19.1. The summed E-state index contributed by atoms with van der Waals surface area (Å²) in [6.45, 7) is 10.3. The standard InChI is InChI=1S/C52H58FN5O4/c1-35(2)47(39-13-7-5-8-14-39)51(61)57-31-11-17-45(57)49(59)54-42-25-19-37(20-26-42)33-56(44-29-23-41(53)24-30-44)34-38-21-27-43(28-22-38)55-50(60)46-18-12-32-58(46)52(62)48(36(3)4)40-15-9-6-10-16-40/h5-10,13-16,19-30,35-36,45-48H,11-12,17-18,31-34H2,1-4H3,(H,54,59)(H,55,60)/t45-,46?,47-,48?/m0/s1. The first kappa shape index (κ1) is 43.8. The highest BCUT2D eigenvalue weighted by Gasteiger charge is 2.40. The quantitative estimate of drug-likeness (QED) is 0.109. The second-order valence-corrected chi connectivity index (χ2v) is 17.3. The third-order valence-corrected chi connectivity index (χ3v) is 12.2. The van der Waals surface area contributed by atoms with Crippen LogP contribution >= 0.6 is 0 Å². The molecule has 10 heteroatoms. The smallest absolute Gasteiger partial charge is 0.247 e. The van der Waals surface area contributed by atoms with Crippen molar-refractivity contribution in [1.82, 2.24) is 9.80 Å². The van der Waals surface area contributed by atoms with E-state index in [1.807, 2.05) is 137 Å². The van der Waals surface area contributed by atoms with E-state index < -0.39 is 12.1 Å². The number of anilines is 3. The molecule has 0 aliphatic carbocycles. The summed E-state index contributed by atoms with van der Waals surface area (Å²) in [4.78, 5) is 60.7. The van der Waals surface area contributed by atoms with Crippen molar-refractivity contribution < 1.29 is 23.6 Å². The van der Waals surface area contributed by atoms with Gasteiger partial charge in [0, 0.05) is 43.2 Å². The molecule has 7 rings (SSSR count). The first-order valence-electron chi connectivity index (χ1n) is 22.0. The van der Waals surface area contributed by atoms with Gasteiger partial charge in [0.2, 0.25) is 23.6 Å². The van der Waals surface area contributed by atoms with Gasteiger partial charge in [-0.3, -0.25) is 19.2 Å². The van der Waals surface area contributed by atoms with Gasteiger partial charge < -0.3 is 25.3 Å². The average Bonchev–Trinajstić information content (AvgIpc) is 3.98. The Bertz CT molecular complexity index is 2140. The van der Waals surface area contributed by atoms with Crippen molar-refractivity contribution in [3.05, 3.63) is 162 Å². The van der Waals surface area contributed by atoms with E-state index in [9.17, 15) is 23.6 Å². The van der Waals surface area contributed by atoms with E-state index in [0.29, 0.717) is 50.4 Å². The van der Waals surface area contributed by atoms with Crippen LogP contribution in [0.5, 0.6) is 0 Å². The maximum atomic E-state index is 14.0. The maximum absolute atomic E-state index is 14.0. The molecule has 2 fully saturated rings. The Morgan fingerprint density at radius 3 is 1.32 bits per heavy atom. The summed E-state index contributed by atoms with van der Waals surface area (Å²) < 4.78 is 14.0. The number of hydrogen-bond acceptors (Lipinski definition) is 5. The van der Waals surface area contributed by atoms with Gasteiger partial charge in [-0.2, -0.15) is 0 Å². The fourth-order valence-corrected chi connectivity index (χ4v) is 9.08. The Labute approximate surface area is 365 Å². The molecule has 2 unspecified atom stereocenters. The van der Waals surface area contributed by atoms with Gasteiger partial charge in [-0.05, 0) is 108 Å². The lowest BCUT2D eigenvalue weighted by Gasteiger charge is -2.30. The van der Waals surface area contributed by atoms with Gasteiger partial charge in [-0.15, -0.1) is 0 Å².